The maximum absolute atomic E-state index is 13.1. The molecule has 0 saturated carbocycles. The van der Waals surface area contributed by atoms with E-state index in [1.807, 2.05) is 0 Å². The van der Waals surface area contributed by atoms with Crippen LogP contribution in [0.4, 0.5) is 10.1 Å². The maximum atomic E-state index is 13.1. The molecule has 0 unspecified atom stereocenters. The van der Waals surface area contributed by atoms with Crippen LogP contribution in [0.5, 0.6) is 5.75 Å². The molecule has 0 radical (unpaired) electrons. The van der Waals surface area contributed by atoms with E-state index in [2.05, 4.69) is 0 Å². The minimum Gasteiger partial charge on any atom is -0.482 e. The number of nitro benzene ring substituents is 1. The van der Waals surface area contributed by atoms with E-state index in [1.165, 1.54) is 13.0 Å². The summed E-state index contributed by atoms with van der Waals surface area (Å²) in [4.78, 5) is 20.9. The van der Waals surface area contributed by atoms with Crippen molar-refractivity contribution in [2.24, 2.45) is 0 Å². The van der Waals surface area contributed by atoms with Crippen LogP contribution in [-0.4, -0.2) is 16.0 Å². The van der Waals surface area contributed by atoms with Gasteiger partial charge in [-0.3, -0.25) is 10.1 Å². The van der Waals surface area contributed by atoms with Crippen molar-refractivity contribution in [2.75, 3.05) is 0 Å². The first kappa shape index (κ1) is 14.5. The zero-order chi connectivity index (χ0) is 15.6. The first-order chi connectivity index (χ1) is 9.88. The van der Waals surface area contributed by atoms with Crippen molar-refractivity contribution in [3.05, 3.63) is 57.3 Å². The third-order valence-corrected chi connectivity index (χ3v) is 2.73. The Kier molecular flexibility index (Phi) is 3.88. The number of carboxylic acids is 1. The molecule has 1 heterocycles. The Balaban J connectivity index is 2.22. The number of nitrogens with zero attached hydrogens (tertiary/aromatic N) is 1. The second-order valence-electron chi connectivity index (χ2n) is 4.16. The number of hydrogen-bond donors (Lipinski definition) is 1. The van der Waals surface area contributed by atoms with Crippen molar-refractivity contribution in [3.8, 4) is 5.75 Å². The molecule has 2 aromatic rings. The van der Waals surface area contributed by atoms with Crippen LogP contribution < -0.4 is 4.74 Å². The van der Waals surface area contributed by atoms with Gasteiger partial charge < -0.3 is 14.3 Å². The van der Waals surface area contributed by atoms with Gasteiger partial charge in [0.2, 0.25) is 5.76 Å². The number of benzene rings is 1. The number of nitro groups is 1. The van der Waals surface area contributed by atoms with Gasteiger partial charge >= 0.3 is 11.7 Å². The Morgan fingerprint density at radius 3 is 2.76 bits per heavy atom. The van der Waals surface area contributed by atoms with Crippen molar-refractivity contribution >= 4 is 11.7 Å². The van der Waals surface area contributed by atoms with Crippen LogP contribution in [0.3, 0.4) is 0 Å². The monoisotopic (exact) mass is 295 g/mol. The molecule has 0 aliphatic rings. The Bertz CT molecular complexity index is 709. The van der Waals surface area contributed by atoms with Crippen LogP contribution in [0.15, 0.2) is 28.7 Å². The summed E-state index contributed by atoms with van der Waals surface area (Å²) in [6.07, 6.45) is 0. The van der Waals surface area contributed by atoms with Gasteiger partial charge in [0.1, 0.15) is 18.2 Å². The molecule has 110 valence electrons. The fourth-order valence-electron chi connectivity index (χ4n) is 1.68. The van der Waals surface area contributed by atoms with Gasteiger partial charge in [-0.15, -0.1) is 0 Å². The average molecular weight is 295 g/mol. The van der Waals surface area contributed by atoms with Crippen LogP contribution in [0.2, 0.25) is 0 Å². The first-order valence-corrected chi connectivity index (χ1v) is 5.78. The zero-order valence-electron chi connectivity index (χ0n) is 10.8. The molecule has 2 rings (SSSR count). The molecule has 0 saturated heterocycles. The van der Waals surface area contributed by atoms with E-state index < -0.39 is 16.7 Å². The lowest BCUT2D eigenvalue weighted by atomic mass is 10.2. The number of ether oxygens (including phenoxy) is 1. The van der Waals surface area contributed by atoms with Crippen molar-refractivity contribution in [1.29, 1.82) is 0 Å². The fraction of sp³-hybridized carbons (Fsp3) is 0.154. The van der Waals surface area contributed by atoms with E-state index in [1.54, 1.807) is 0 Å². The van der Waals surface area contributed by atoms with E-state index in [0.29, 0.717) is 11.3 Å². The summed E-state index contributed by atoms with van der Waals surface area (Å²) in [5.41, 5.74) is 0.0296. The van der Waals surface area contributed by atoms with Gasteiger partial charge in [-0.1, -0.05) is 0 Å². The molecule has 0 bridgehead atoms. The number of hydrogen-bond acceptors (Lipinski definition) is 5. The van der Waals surface area contributed by atoms with Crippen LogP contribution in [0.1, 0.15) is 21.9 Å². The molecule has 0 atom stereocenters. The lowest BCUT2D eigenvalue weighted by Crippen LogP contribution is -2.00. The molecule has 0 amide bonds. The molecule has 0 spiro atoms. The highest BCUT2D eigenvalue weighted by Gasteiger charge is 2.18. The van der Waals surface area contributed by atoms with Crippen LogP contribution in [0.25, 0.3) is 0 Å². The summed E-state index contributed by atoms with van der Waals surface area (Å²) < 4.78 is 23.3. The standard InChI is InChI=1S/C13H10FNO6/c1-7-8(4-12(21-7)13(16)17)6-20-11-5-9(14)2-3-10(11)15(18)19/h2-5H,6H2,1H3,(H,16,17). The molecule has 1 aromatic heterocycles. The smallest absolute Gasteiger partial charge is 0.371 e. The summed E-state index contributed by atoms with van der Waals surface area (Å²) in [6.45, 7) is 1.36. The van der Waals surface area contributed by atoms with Crippen molar-refractivity contribution in [1.82, 2.24) is 0 Å². The SMILES string of the molecule is Cc1oc(C(=O)O)cc1COc1cc(F)ccc1[N+](=O)[O-]. The third-order valence-electron chi connectivity index (χ3n) is 2.73. The molecule has 7 nitrogen and oxygen atoms in total. The molecule has 0 aliphatic carbocycles. The summed E-state index contributed by atoms with van der Waals surface area (Å²) in [5, 5.41) is 19.6. The third kappa shape index (κ3) is 3.16. The topological polar surface area (TPSA) is 103 Å². The minimum absolute atomic E-state index is 0.174. The largest absolute Gasteiger partial charge is 0.482 e. The predicted molar refractivity (Wildman–Crippen MR) is 67.8 cm³/mol. The molecule has 0 fully saturated rings. The average Bonchev–Trinajstić information content (AvgIpc) is 2.77. The molecule has 8 heteroatoms. The summed E-state index contributed by atoms with van der Waals surface area (Å²) in [7, 11) is 0. The van der Waals surface area contributed by atoms with Crippen LogP contribution >= 0.6 is 0 Å². The van der Waals surface area contributed by atoms with Crippen molar-refractivity contribution in [2.45, 2.75) is 13.5 Å². The van der Waals surface area contributed by atoms with E-state index >= 15 is 0 Å². The summed E-state index contributed by atoms with van der Waals surface area (Å²) in [6, 6.07) is 4.10. The summed E-state index contributed by atoms with van der Waals surface area (Å²) >= 11 is 0. The van der Waals surface area contributed by atoms with Crippen LogP contribution in [-0.2, 0) is 6.61 Å². The van der Waals surface area contributed by atoms with E-state index in [-0.39, 0.29) is 23.8 Å². The highest BCUT2D eigenvalue weighted by Crippen LogP contribution is 2.28. The second-order valence-corrected chi connectivity index (χ2v) is 4.16. The number of aryl methyl sites for hydroxylation is 1. The highest BCUT2D eigenvalue weighted by atomic mass is 19.1. The van der Waals surface area contributed by atoms with Crippen molar-refractivity contribution in [3.63, 3.8) is 0 Å². The zero-order valence-corrected chi connectivity index (χ0v) is 10.8. The number of carboxylic acid groups (broad SMARTS) is 1. The normalized spacial score (nSPS) is 10.4. The molecule has 1 aromatic carbocycles. The fourth-order valence-corrected chi connectivity index (χ4v) is 1.68. The van der Waals surface area contributed by atoms with Crippen molar-refractivity contribution < 1.29 is 28.4 Å². The summed E-state index contributed by atoms with van der Waals surface area (Å²) in [5.74, 6) is -2.10. The molecule has 0 aliphatic heterocycles. The molecule has 1 N–H and O–H groups in total. The van der Waals surface area contributed by atoms with Gasteiger partial charge in [0.25, 0.3) is 0 Å². The van der Waals surface area contributed by atoms with Gasteiger partial charge in [-0.2, -0.15) is 0 Å². The highest BCUT2D eigenvalue weighted by molar-refractivity contribution is 5.84. The van der Waals surface area contributed by atoms with Gasteiger partial charge in [0.05, 0.1) is 4.92 Å². The van der Waals surface area contributed by atoms with Gasteiger partial charge in [0, 0.05) is 17.7 Å². The maximum Gasteiger partial charge on any atom is 0.371 e. The molecule has 21 heavy (non-hydrogen) atoms. The molecular weight excluding hydrogens is 285 g/mol. The first-order valence-electron chi connectivity index (χ1n) is 5.78. The molecular formula is C13H10FNO6. The van der Waals surface area contributed by atoms with Gasteiger partial charge in [0.15, 0.2) is 5.75 Å². The quantitative estimate of drug-likeness (QED) is 0.672. The number of rotatable bonds is 5. The van der Waals surface area contributed by atoms with Crippen LogP contribution in [0, 0.1) is 22.9 Å². The number of carbonyl (C=O) groups is 1. The van der Waals surface area contributed by atoms with E-state index in [0.717, 1.165) is 18.2 Å². The van der Waals surface area contributed by atoms with Gasteiger partial charge in [-0.25, -0.2) is 9.18 Å². The van der Waals surface area contributed by atoms with E-state index in [4.69, 9.17) is 14.3 Å². The Hall–Kier alpha value is -2.90. The Morgan fingerprint density at radius 2 is 2.19 bits per heavy atom. The van der Waals surface area contributed by atoms with Gasteiger partial charge in [-0.05, 0) is 19.1 Å². The number of aromatic carboxylic acids is 1. The lowest BCUT2D eigenvalue weighted by Gasteiger charge is -2.06. The Labute approximate surface area is 117 Å². The number of halogens is 1. The lowest BCUT2D eigenvalue weighted by molar-refractivity contribution is -0.386. The predicted octanol–water partition coefficient (Wildman–Crippen LogP) is 2.91. The minimum atomic E-state index is -1.24. The number of furan rings is 1. The van der Waals surface area contributed by atoms with E-state index in [9.17, 15) is 19.3 Å². The second kappa shape index (κ2) is 5.61. The Morgan fingerprint density at radius 1 is 1.48 bits per heavy atom.